The number of carbonyl (C=O) groups is 3. The van der Waals surface area contributed by atoms with Crippen molar-refractivity contribution in [1.82, 2.24) is 5.32 Å². The van der Waals surface area contributed by atoms with E-state index in [0.29, 0.717) is 46.1 Å². The highest BCUT2D eigenvalue weighted by molar-refractivity contribution is 6.39. The van der Waals surface area contributed by atoms with Gasteiger partial charge in [0, 0.05) is 15.6 Å². The lowest BCUT2D eigenvalue weighted by atomic mass is 10.1. The van der Waals surface area contributed by atoms with Crippen molar-refractivity contribution in [3.8, 4) is 17.2 Å². The van der Waals surface area contributed by atoms with E-state index in [1.54, 1.807) is 36.4 Å². The highest BCUT2D eigenvalue weighted by Gasteiger charge is 2.37. The van der Waals surface area contributed by atoms with Gasteiger partial charge in [0.15, 0.2) is 11.5 Å². The summed E-state index contributed by atoms with van der Waals surface area (Å²) in [5.41, 5.74) is 2.15. The van der Waals surface area contributed by atoms with E-state index in [2.05, 4.69) is 5.32 Å². The van der Waals surface area contributed by atoms with Crippen molar-refractivity contribution in [3.63, 3.8) is 0 Å². The summed E-state index contributed by atoms with van der Waals surface area (Å²) >= 11 is 12.3. The molecule has 218 valence electrons. The van der Waals surface area contributed by atoms with Crippen molar-refractivity contribution in [2.75, 3.05) is 11.5 Å². The number of urea groups is 1. The highest BCUT2D eigenvalue weighted by Crippen LogP contribution is 2.32. The second-order valence-corrected chi connectivity index (χ2v) is 10.3. The van der Waals surface area contributed by atoms with Gasteiger partial charge in [-0.15, -0.1) is 0 Å². The molecule has 43 heavy (non-hydrogen) atoms. The molecule has 4 aromatic rings. The zero-order valence-electron chi connectivity index (χ0n) is 23.0. The van der Waals surface area contributed by atoms with Gasteiger partial charge in [0.05, 0.1) is 12.3 Å². The number of benzene rings is 4. The minimum absolute atomic E-state index is 0.143. The van der Waals surface area contributed by atoms with Gasteiger partial charge < -0.3 is 14.2 Å². The molecule has 4 amide bonds. The molecule has 0 spiro atoms. The number of nitrogens with one attached hydrogen (secondary N) is 1. The quantitative estimate of drug-likeness (QED) is 0.149. The normalized spacial score (nSPS) is 14.1. The summed E-state index contributed by atoms with van der Waals surface area (Å²) in [4.78, 5) is 39.5. The van der Waals surface area contributed by atoms with E-state index in [1.165, 1.54) is 12.1 Å². The maximum atomic E-state index is 13.3. The van der Waals surface area contributed by atoms with Gasteiger partial charge in [0.2, 0.25) is 0 Å². The molecule has 1 saturated heterocycles. The Balaban J connectivity index is 1.37. The SMILES string of the molecule is CCOc1cc(COc2ccc(Cl)cc2/C=C2\C(=O)NC(=O)N(c3cccc(Cl)c3)C2=O)ccc1OCc1ccccc1. The van der Waals surface area contributed by atoms with E-state index < -0.39 is 17.8 Å². The first kappa shape index (κ1) is 29.7. The van der Waals surface area contributed by atoms with Gasteiger partial charge in [-0.2, -0.15) is 0 Å². The average molecular weight is 617 g/mol. The molecule has 1 N–H and O–H groups in total. The molecule has 1 aliphatic heterocycles. The number of amides is 4. The van der Waals surface area contributed by atoms with Crippen LogP contribution in [-0.2, 0) is 22.8 Å². The molecule has 0 saturated carbocycles. The van der Waals surface area contributed by atoms with Crippen molar-refractivity contribution in [2.24, 2.45) is 0 Å². The fraction of sp³-hybridized carbons (Fsp3) is 0.121. The minimum atomic E-state index is -0.877. The van der Waals surface area contributed by atoms with Crippen molar-refractivity contribution in [2.45, 2.75) is 20.1 Å². The predicted octanol–water partition coefficient (Wildman–Crippen LogP) is 7.22. The maximum Gasteiger partial charge on any atom is 0.335 e. The molecule has 4 aromatic carbocycles. The van der Waals surface area contributed by atoms with Gasteiger partial charge in [-0.1, -0.05) is 65.7 Å². The number of imide groups is 2. The van der Waals surface area contributed by atoms with Crippen molar-refractivity contribution in [3.05, 3.63) is 123 Å². The maximum absolute atomic E-state index is 13.3. The van der Waals surface area contributed by atoms with Crippen LogP contribution in [-0.4, -0.2) is 24.5 Å². The van der Waals surface area contributed by atoms with Gasteiger partial charge in [0.25, 0.3) is 11.8 Å². The Kier molecular flexibility index (Phi) is 9.29. The number of barbiturate groups is 1. The van der Waals surface area contributed by atoms with Crippen molar-refractivity contribution in [1.29, 1.82) is 0 Å². The number of hydrogen-bond acceptors (Lipinski definition) is 6. The molecule has 5 rings (SSSR count). The Labute approximate surface area is 258 Å². The monoisotopic (exact) mass is 616 g/mol. The molecule has 0 unspecified atom stereocenters. The molecule has 8 nitrogen and oxygen atoms in total. The number of ether oxygens (including phenoxy) is 3. The first-order chi connectivity index (χ1) is 20.8. The lowest BCUT2D eigenvalue weighted by Crippen LogP contribution is -2.54. The molecular weight excluding hydrogens is 591 g/mol. The van der Waals surface area contributed by atoms with Crippen molar-refractivity contribution < 1.29 is 28.6 Å². The number of rotatable bonds is 10. The van der Waals surface area contributed by atoms with E-state index >= 15 is 0 Å². The highest BCUT2D eigenvalue weighted by atomic mass is 35.5. The number of nitrogens with zero attached hydrogens (tertiary/aromatic N) is 1. The van der Waals surface area contributed by atoms with Gasteiger partial charge in [0.1, 0.15) is 24.5 Å². The fourth-order valence-electron chi connectivity index (χ4n) is 4.35. The van der Waals surface area contributed by atoms with Crippen LogP contribution in [0.25, 0.3) is 6.08 Å². The second-order valence-electron chi connectivity index (χ2n) is 9.40. The molecule has 1 fully saturated rings. The summed E-state index contributed by atoms with van der Waals surface area (Å²) in [6.07, 6.45) is 1.34. The van der Waals surface area contributed by atoms with Crippen LogP contribution < -0.4 is 24.4 Å². The van der Waals surface area contributed by atoms with Crippen LogP contribution in [0.2, 0.25) is 10.0 Å². The van der Waals surface area contributed by atoms with Crippen LogP contribution in [0.4, 0.5) is 10.5 Å². The molecule has 0 aromatic heterocycles. The summed E-state index contributed by atoms with van der Waals surface area (Å²) in [5, 5.41) is 2.89. The molecule has 1 aliphatic rings. The second kappa shape index (κ2) is 13.5. The van der Waals surface area contributed by atoms with E-state index in [4.69, 9.17) is 37.4 Å². The number of halogens is 2. The number of anilines is 1. The molecular formula is C33H26Cl2N2O6. The van der Waals surface area contributed by atoms with Crippen LogP contribution in [0.5, 0.6) is 17.2 Å². The standard InChI is InChI=1S/C33H26Cl2N2O6/c1-2-41-30-15-22(11-13-29(30)43-19-21-7-4-3-5-8-21)20-42-28-14-12-25(35)16-23(28)17-27-31(38)36-33(40)37(32(27)39)26-10-6-9-24(34)18-26/h3-18H,2,19-20H2,1H3,(H,36,38,40)/b27-17+. The van der Waals surface area contributed by atoms with Gasteiger partial charge in [-0.3, -0.25) is 14.9 Å². The zero-order valence-corrected chi connectivity index (χ0v) is 24.5. The first-order valence-corrected chi connectivity index (χ1v) is 14.1. The largest absolute Gasteiger partial charge is 0.490 e. The summed E-state index contributed by atoms with van der Waals surface area (Å²) in [5.74, 6) is -0.104. The molecule has 0 atom stereocenters. The van der Waals surface area contributed by atoms with Crippen LogP contribution in [0.1, 0.15) is 23.6 Å². The molecule has 0 bridgehead atoms. The van der Waals surface area contributed by atoms with Crippen molar-refractivity contribution >= 4 is 52.8 Å². The number of hydrogen-bond donors (Lipinski definition) is 1. The lowest BCUT2D eigenvalue weighted by Gasteiger charge is -2.26. The van der Waals surface area contributed by atoms with E-state index in [-0.39, 0.29) is 17.9 Å². The minimum Gasteiger partial charge on any atom is -0.490 e. The smallest absolute Gasteiger partial charge is 0.335 e. The Morgan fingerprint density at radius 1 is 0.721 bits per heavy atom. The zero-order chi connectivity index (χ0) is 30.3. The Bertz CT molecular complexity index is 1710. The summed E-state index contributed by atoms with van der Waals surface area (Å²) in [7, 11) is 0. The van der Waals surface area contributed by atoms with Crippen LogP contribution >= 0.6 is 23.2 Å². The van der Waals surface area contributed by atoms with Crippen LogP contribution in [0, 0.1) is 0 Å². The fourth-order valence-corrected chi connectivity index (χ4v) is 4.72. The topological polar surface area (TPSA) is 94.2 Å². The Hall–Kier alpha value is -4.79. The summed E-state index contributed by atoms with van der Waals surface area (Å²) in [6.45, 7) is 2.88. The van der Waals surface area contributed by atoms with Crippen LogP contribution in [0.3, 0.4) is 0 Å². The van der Waals surface area contributed by atoms with Crippen LogP contribution in [0.15, 0.2) is 96.6 Å². The van der Waals surface area contributed by atoms with Gasteiger partial charge >= 0.3 is 6.03 Å². The average Bonchev–Trinajstić information content (AvgIpc) is 2.99. The lowest BCUT2D eigenvalue weighted by molar-refractivity contribution is -0.122. The predicted molar refractivity (Wildman–Crippen MR) is 165 cm³/mol. The molecule has 0 radical (unpaired) electrons. The molecule has 10 heteroatoms. The van der Waals surface area contributed by atoms with Gasteiger partial charge in [-0.05, 0) is 72.7 Å². The van der Waals surface area contributed by atoms with Gasteiger partial charge in [-0.25, -0.2) is 9.69 Å². The Morgan fingerprint density at radius 3 is 2.21 bits per heavy atom. The van der Waals surface area contributed by atoms with E-state index in [0.717, 1.165) is 16.0 Å². The van der Waals surface area contributed by atoms with E-state index in [9.17, 15) is 14.4 Å². The first-order valence-electron chi connectivity index (χ1n) is 13.3. The molecule has 0 aliphatic carbocycles. The third-order valence-corrected chi connectivity index (χ3v) is 6.85. The van der Waals surface area contributed by atoms with E-state index in [1.807, 2.05) is 55.5 Å². The molecule has 1 heterocycles. The Morgan fingerprint density at radius 2 is 1.44 bits per heavy atom. The summed E-state index contributed by atoms with van der Waals surface area (Å²) in [6, 6.07) is 25.5. The summed E-state index contributed by atoms with van der Waals surface area (Å²) < 4.78 is 17.9. The number of carbonyl (C=O) groups excluding carboxylic acids is 3. The third kappa shape index (κ3) is 7.17. The third-order valence-electron chi connectivity index (χ3n) is 6.38.